The molecule has 2 rings (SSSR count). The van der Waals surface area contributed by atoms with Gasteiger partial charge in [0.15, 0.2) is 0 Å². The fourth-order valence-electron chi connectivity index (χ4n) is 2.65. The summed E-state index contributed by atoms with van der Waals surface area (Å²) in [6.07, 6.45) is 0. The predicted octanol–water partition coefficient (Wildman–Crippen LogP) is 1.22. The molecular weight excluding hydrogens is 318 g/mol. The number of hydrogen-bond donors (Lipinski definition) is 3. The molecule has 7 heteroatoms. The van der Waals surface area contributed by atoms with Crippen molar-refractivity contribution in [1.29, 1.82) is 0 Å². The minimum Gasteiger partial charge on any atom is -0.354 e. The first-order chi connectivity index (χ1) is 11.9. The minimum atomic E-state index is -0.350. The van der Waals surface area contributed by atoms with E-state index >= 15 is 0 Å². The van der Waals surface area contributed by atoms with Crippen molar-refractivity contribution in [3.8, 4) is 0 Å². The normalized spacial score (nSPS) is 12.0. The Hall–Kier alpha value is -2.67. The smallest absolute Gasteiger partial charge is 0.252 e. The van der Waals surface area contributed by atoms with Crippen LogP contribution in [-0.2, 0) is 4.79 Å². The Labute approximate surface area is 147 Å². The number of likely N-dealkylation sites (N-methyl/N-ethyl adjacent to an activating group) is 1. The maximum atomic E-state index is 12.6. The fraction of sp³-hybridized carbons (Fsp3) is 0.389. The molecule has 3 N–H and O–H groups in total. The zero-order valence-electron chi connectivity index (χ0n) is 15.1. The van der Waals surface area contributed by atoms with Gasteiger partial charge in [-0.1, -0.05) is 29.8 Å². The summed E-state index contributed by atoms with van der Waals surface area (Å²) in [7, 11) is 3.76. The van der Waals surface area contributed by atoms with Gasteiger partial charge in [-0.05, 0) is 33.5 Å². The van der Waals surface area contributed by atoms with Crippen LogP contribution in [0.1, 0.15) is 22.9 Å². The third-order valence-corrected chi connectivity index (χ3v) is 3.71. The number of carbonyl (C=O) groups excluding carboxylic acids is 1. The van der Waals surface area contributed by atoms with Crippen molar-refractivity contribution in [1.82, 2.24) is 20.2 Å². The number of nitrogens with zero attached hydrogens (tertiary/aromatic N) is 2. The van der Waals surface area contributed by atoms with E-state index in [0.29, 0.717) is 24.7 Å². The third kappa shape index (κ3) is 5.42. The van der Waals surface area contributed by atoms with Gasteiger partial charge in [0, 0.05) is 24.8 Å². The van der Waals surface area contributed by atoms with Crippen LogP contribution in [0.3, 0.4) is 0 Å². The second-order valence-corrected chi connectivity index (χ2v) is 6.23. The molecule has 1 amide bonds. The molecule has 0 aliphatic rings. The van der Waals surface area contributed by atoms with E-state index < -0.39 is 0 Å². The van der Waals surface area contributed by atoms with Crippen LogP contribution in [0.2, 0.25) is 0 Å². The highest BCUT2D eigenvalue weighted by Crippen LogP contribution is 2.19. The molecule has 0 spiro atoms. The van der Waals surface area contributed by atoms with Crippen LogP contribution in [0, 0.1) is 13.8 Å². The van der Waals surface area contributed by atoms with Gasteiger partial charge in [0.2, 0.25) is 11.9 Å². The van der Waals surface area contributed by atoms with E-state index in [-0.39, 0.29) is 17.5 Å². The molecule has 0 aliphatic carbocycles. The SMILES string of the molecule is Cc1cccc([C@@H](C(=O)NCCNc2nc(C)cc(=O)[nH]2)N(C)C)c1. The largest absolute Gasteiger partial charge is 0.354 e. The lowest BCUT2D eigenvalue weighted by Crippen LogP contribution is -2.39. The maximum absolute atomic E-state index is 12.6. The number of anilines is 1. The van der Waals surface area contributed by atoms with Gasteiger partial charge in [-0.25, -0.2) is 4.98 Å². The molecule has 0 unspecified atom stereocenters. The number of nitrogens with one attached hydrogen (secondary N) is 3. The summed E-state index contributed by atoms with van der Waals surface area (Å²) >= 11 is 0. The number of H-pyrrole nitrogens is 1. The van der Waals surface area contributed by atoms with E-state index in [4.69, 9.17) is 0 Å². The van der Waals surface area contributed by atoms with Crippen LogP contribution in [0.25, 0.3) is 0 Å². The van der Waals surface area contributed by atoms with Crippen LogP contribution < -0.4 is 16.2 Å². The van der Waals surface area contributed by atoms with Gasteiger partial charge in [0.25, 0.3) is 5.56 Å². The van der Waals surface area contributed by atoms with Crippen LogP contribution in [0.5, 0.6) is 0 Å². The molecule has 0 aliphatic heterocycles. The highest BCUT2D eigenvalue weighted by molar-refractivity contribution is 5.83. The van der Waals surface area contributed by atoms with Gasteiger partial charge in [-0.3, -0.25) is 19.5 Å². The zero-order valence-corrected chi connectivity index (χ0v) is 15.1. The molecule has 134 valence electrons. The molecule has 0 radical (unpaired) electrons. The molecule has 1 aromatic carbocycles. The highest BCUT2D eigenvalue weighted by Gasteiger charge is 2.22. The van der Waals surface area contributed by atoms with E-state index in [0.717, 1.165) is 11.1 Å². The van der Waals surface area contributed by atoms with Gasteiger partial charge in [0.1, 0.15) is 6.04 Å². The summed E-state index contributed by atoms with van der Waals surface area (Å²) in [6.45, 7) is 4.65. The third-order valence-electron chi connectivity index (χ3n) is 3.71. The van der Waals surface area contributed by atoms with Crippen LogP contribution >= 0.6 is 0 Å². The first-order valence-electron chi connectivity index (χ1n) is 8.19. The second-order valence-electron chi connectivity index (χ2n) is 6.23. The van der Waals surface area contributed by atoms with Crippen molar-refractivity contribution >= 4 is 11.9 Å². The van der Waals surface area contributed by atoms with Crippen molar-refractivity contribution < 1.29 is 4.79 Å². The summed E-state index contributed by atoms with van der Waals surface area (Å²) in [4.78, 5) is 32.6. The maximum Gasteiger partial charge on any atom is 0.252 e. The number of aryl methyl sites for hydroxylation is 2. The van der Waals surface area contributed by atoms with Crippen molar-refractivity contribution in [3.63, 3.8) is 0 Å². The number of hydrogen-bond acceptors (Lipinski definition) is 5. The summed E-state index contributed by atoms with van der Waals surface area (Å²) in [5.74, 6) is 0.338. The minimum absolute atomic E-state index is 0.0666. The lowest BCUT2D eigenvalue weighted by Gasteiger charge is -2.24. The average molecular weight is 343 g/mol. The first-order valence-corrected chi connectivity index (χ1v) is 8.19. The van der Waals surface area contributed by atoms with Crippen LogP contribution in [0.15, 0.2) is 35.1 Å². The fourth-order valence-corrected chi connectivity index (χ4v) is 2.65. The van der Waals surface area contributed by atoms with Crippen LogP contribution in [0.4, 0.5) is 5.95 Å². The molecule has 25 heavy (non-hydrogen) atoms. The number of aromatic nitrogens is 2. The Kier molecular flexibility index (Phi) is 6.30. The second kappa shape index (κ2) is 8.43. The number of benzene rings is 1. The lowest BCUT2D eigenvalue weighted by molar-refractivity contribution is -0.125. The molecule has 0 fully saturated rings. The topological polar surface area (TPSA) is 90.1 Å². The number of rotatable bonds is 7. The van der Waals surface area contributed by atoms with Crippen LogP contribution in [-0.4, -0.2) is 48.0 Å². The molecule has 1 heterocycles. The molecule has 0 saturated carbocycles. The first kappa shape index (κ1) is 18.7. The Morgan fingerprint density at radius 1 is 1.24 bits per heavy atom. The van der Waals surface area contributed by atoms with E-state index in [9.17, 15) is 9.59 Å². The van der Waals surface area contributed by atoms with Gasteiger partial charge >= 0.3 is 0 Å². The van der Waals surface area contributed by atoms with Crippen molar-refractivity contribution in [3.05, 3.63) is 57.5 Å². The average Bonchev–Trinajstić information content (AvgIpc) is 2.50. The number of aromatic amines is 1. The summed E-state index contributed by atoms with van der Waals surface area (Å²) < 4.78 is 0. The van der Waals surface area contributed by atoms with E-state index in [1.165, 1.54) is 6.07 Å². The Bertz CT molecular complexity index is 785. The summed E-state index contributed by atoms with van der Waals surface area (Å²) in [5.41, 5.74) is 2.52. The molecule has 0 saturated heterocycles. The van der Waals surface area contributed by atoms with Crippen molar-refractivity contribution in [2.75, 3.05) is 32.5 Å². The predicted molar refractivity (Wildman–Crippen MR) is 98.7 cm³/mol. The molecule has 7 nitrogen and oxygen atoms in total. The monoisotopic (exact) mass is 343 g/mol. The Balaban J connectivity index is 1.92. The molecule has 1 aromatic heterocycles. The zero-order chi connectivity index (χ0) is 18.4. The quantitative estimate of drug-likeness (QED) is 0.658. The van der Waals surface area contributed by atoms with E-state index in [2.05, 4.69) is 20.6 Å². The Morgan fingerprint density at radius 2 is 2.00 bits per heavy atom. The highest BCUT2D eigenvalue weighted by atomic mass is 16.2. The molecule has 1 atom stereocenters. The Morgan fingerprint density at radius 3 is 2.64 bits per heavy atom. The number of carbonyl (C=O) groups is 1. The summed E-state index contributed by atoms with van der Waals surface area (Å²) in [6, 6.07) is 9.01. The molecule has 0 bridgehead atoms. The van der Waals surface area contributed by atoms with Crippen molar-refractivity contribution in [2.24, 2.45) is 0 Å². The van der Waals surface area contributed by atoms with Gasteiger partial charge in [0.05, 0.1) is 0 Å². The van der Waals surface area contributed by atoms with E-state index in [1.807, 2.05) is 50.2 Å². The summed E-state index contributed by atoms with van der Waals surface area (Å²) in [5, 5.41) is 5.92. The standard InChI is InChI=1S/C18H25N5O2/c1-12-6-5-7-14(10-12)16(23(3)4)17(25)19-8-9-20-18-21-13(2)11-15(24)22-18/h5-7,10-11,16H,8-9H2,1-4H3,(H,19,25)(H2,20,21,22,24)/t16-/m0/s1. The van der Waals surface area contributed by atoms with E-state index in [1.54, 1.807) is 6.92 Å². The van der Waals surface area contributed by atoms with Crippen molar-refractivity contribution in [2.45, 2.75) is 19.9 Å². The van der Waals surface area contributed by atoms with Gasteiger partial charge in [-0.15, -0.1) is 0 Å². The number of amides is 1. The molecular formula is C18H25N5O2. The van der Waals surface area contributed by atoms with Gasteiger partial charge < -0.3 is 10.6 Å². The van der Waals surface area contributed by atoms with Gasteiger partial charge in [-0.2, -0.15) is 0 Å². The lowest BCUT2D eigenvalue weighted by atomic mass is 10.0. The molecule has 2 aromatic rings.